The number of nitrogens with zero attached hydrogens (tertiary/aromatic N) is 1. The number of nitrogen functional groups attached to an aromatic ring is 1. The van der Waals surface area contributed by atoms with Crippen molar-refractivity contribution in [2.75, 3.05) is 18.9 Å². The first-order valence-corrected chi connectivity index (χ1v) is 5.94. The van der Waals surface area contributed by atoms with E-state index in [0.29, 0.717) is 12.1 Å². The fourth-order valence-electron chi connectivity index (χ4n) is 2.22. The Morgan fingerprint density at radius 3 is 2.81 bits per heavy atom. The fourth-order valence-corrected chi connectivity index (χ4v) is 2.22. The Bertz CT molecular complexity index is 350. The maximum atomic E-state index is 9.10. The van der Waals surface area contributed by atoms with Gasteiger partial charge in [0.15, 0.2) is 0 Å². The van der Waals surface area contributed by atoms with Crippen LogP contribution >= 0.6 is 0 Å². The van der Waals surface area contributed by atoms with Crippen molar-refractivity contribution in [3.63, 3.8) is 0 Å². The molecule has 1 aromatic carbocycles. The zero-order valence-electron chi connectivity index (χ0n) is 9.76. The van der Waals surface area contributed by atoms with E-state index in [0.717, 1.165) is 12.2 Å². The monoisotopic (exact) mass is 220 g/mol. The van der Waals surface area contributed by atoms with Crippen LogP contribution in [0, 0.1) is 0 Å². The van der Waals surface area contributed by atoms with Crippen LogP contribution in [-0.4, -0.2) is 29.2 Å². The van der Waals surface area contributed by atoms with Crippen molar-refractivity contribution >= 4 is 5.69 Å². The Morgan fingerprint density at radius 2 is 2.25 bits per heavy atom. The first-order valence-electron chi connectivity index (χ1n) is 5.94. The molecule has 0 heterocycles. The van der Waals surface area contributed by atoms with Gasteiger partial charge in [-0.05, 0) is 37.5 Å². The van der Waals surface area contributed by atoms with Crippen molar-refractivity contribution in [1.29, 1.82) is 0 Å². The van der Waals surface area contributed by atoms with Crippen molar-refractivity contribution in [3.05, 3.63) is 29.8 Å². The minimum absolute atomic E-state index is 0.225. The van der Waals surface area contributed by atoms with E-state index < -0.39 is 0 Å². The van der Waals surface area contributed by atoms with Crippen LogP contribution in [-0.2, 0) is 0 Å². The molecule has 1 aliphatic carbocycles. The van der Waals surface area contributed by atoms with E-state index in [1.165, 1.54) is 18.4 Å². The molecule has 0 amide bonds. The number of aliphatic hydroxyl groups is 1. The Hall–Kier alpha value is -1.06. The van der Waals surface area contributed by atoms with Gasteiger partial charge in [0, 0.05) is 24.3 Å². The molecule has 1 atom stereocenters. The van der Waals surface area contributed by atoms with Crippen molar-refractivity contribution in [3.8, 4) is 0 Å². The van der Waals surface area contributed by atoms with Gasteiger partial charge in [0.25, 0.3) is 0 Å². The summed E-state index contributed by atoms with van der Waals surface area (Å²) in [6, 6.07) is 9.02. The Balaban J connectivity index is 2.12. The minimum atomic E-state index is 0.225. The average Bonchev–Trinajstić information content (AvgIpc) is 3.09. The van der Waals surface area contributed by atoms with Gasteiger partial charge in [-0.3, -0.25) is 4.90 Å². The standard InChI is InChI=1S/C13H20N2O/c1-10(11-3-2-4-12(14)9-11)15(7-8-16)13-5-6-13/h2-4,9-10,13,16H,5-8,14H2,1H3. The van der Waals surface area contributed by atoms with Crippen LogP contribution < -0.4 is 5.73 Å². The predicted octanol–water partition coefficient (Wildman–Crippen LogP) is 1.79. The summed E-state index contributed by atoms with van der Waals surface area (Å²) in [5.74, 6) is 0. The number of rotatable bonds is 5. The number of anilines is 1. The molecule has 1 aromatic rings. The molecule has 1 saturated carbocycles. The number of nitrogens with two attached hydrogens (primary N) is 1. The molecule has 3 nitrogen and oxygen atoms in total. The van der Waals surface area contributed by atoms with Crippen LogP contribution in [0.25, 0.3) is 0 Å². The molecule has 0 aromatic heterocycles. The molecule has 0 aliphatic heterocycles. The van der Waals surface area contributed by atoms with Crippen LogP contribution in [0.3, 0.4) is 0 Å². The SMILES string of the molecule is CC(c1cccc(N)c1)N(CCO)C1CC1. The summed E-state index contributed by atoms with van der Waals surface area (Å²) in [6.07, 6.45) is 2.51. The van der Waals surface area contributed by atoms with Crippen LogP contribution in [0.5, 0.6) is 0 Å². The average molecular weight is 220 g/mol. The summed E-state index contributed by atoms with van der Waals surface area (Å²) < 4.78 is 0. The van der Waals surface area contributed by atoms with Gasteiger partial charge >= 0.3 is 0 Å². The smallest absolute Gasteiger partial charge is 0.0558 e. The third-order valence-corrected chi connectivity index (χ3v) is 3.26. The molecule has 1 fully saturated rings. The van der Waals surface area contributed by atoms with Gasteiger partial charge in [-0.25, -0.2) is 0 Å². The first kappa shape index (κ1) is 11.4. The van der Waals surface area contributed by atoms with E-state index in [-0.39, 0.29) is 6.61 Å². The minimum Gasteiger partial charge on any atom is -0.399 e. The van der Waals surface area contributed by atoms with E-state index in [2.05, 4.69) is 17.9 Å². The molecule has 3 heteroatoms. The van der Waals surface area contributed by atoms with E-state index in [1.807, 2.05) is 18.2 Å². The molecule has 3 N–H and O–H groups in total. The predicted molar refractivity (Wildman–Crippen MR) is 66.1 cm³/mol. The van der Waals surface area contributed by atoms with Crippen LogP contribution in [0.15, 0.2) is 24.3 Å². The van der Waals surface area contributed by atoms with Gasteiger partial charge in [-0.2, -0.15) is 0 Å². The van der Waals surface area contributed by atoms with Crippen LogP contribution in [0.4, 0.5) is 5.69 Å². The number of aliphatic hydroxyl groups excluding tert-OH is 1. The summed E-state index contributed by atoms with van der Waals surface area (Å²) in [6.45, 7) is 3.16. The van der Waals surface area contributed by atoms with Gasteiger partial charge in [-0.1, -0.05) is 12.1 Å². The second kappa shape index (κ2) is 4.85. The summed E-state index contributed by atoms with van der Waals surface area (Å²) in [5.41, 5.74) is 7.84. The molecule has 0 radical (unpaired) electrons. The highest BCUT2D eigenvalue weighted by atomic mass is 16.3. The Kier molecular flexibility index (Phi) is 3.46. The normalized spacial score (nSPS) is 17.7. The van der Waals surface area contributed by atoms with E-state index in [1.54, 1.807) is 0 Å². The van der Waals surface area contributed by atoms with E-state index in [9.17, 15) is 0 Å². The largest absolute Gasteiger partial charge is 0.399 e. The first-order chi connectivity index (χ1) is 7.72. The maximum Gasteiger partial charge on any atom is 0.0558 e. The summed E-state index contributed by atoms with van der Waals surface area (Å²) in [7, 11) is 0. The highest BCUT2D eigenvalue weighted by molar-refractivity contribution is 5.41. The van der Waals surface area contributed by atoms with Gasteiger partial charge in [0.1, 0.15) is 0 Å². The van der Waals surface area contributed by atoms with Crippen LogP contribution in [0.2, 0.25) is 0 Å². The molecular formula is C13H20N2O. The van der Waals surface area contributed by atoms with Gasteiger partial charge < -0.3 is 10.8 Å². The Morgan fingerprint density at radius 1 is 1.50 bits per heavy atom. The summed E-state index contributed by atoms with van der Waals surface area (Å²) in [4.78, 5) is 2.37. The topological polar surface area (TPSA) is 49.5 Å². The Labute approximate surface area is 96.9 Å². The quantitative estimate of drug-likeness (QED) is 0.744. The molecule has 0 saturated heterocycles. The molecule has 1 aliphatic rings. The lowest BCUT2D eigenvalue weighted by Gasteiger charge is -2.28. The number of hydrogen-bond donors (Lipinski definition) is 2. The molecule has 88 valence electrons. The maximum absolute atomic E-state index is 9.10. The van der Waals surface area contributed by atoms with Gasteiger partial charge in [0.2, 0.25) is 0 Å². The lowest BCUT2D eigenvalue weighted by atomic mass is 10.1. The van der Waals surface area contributed by atoms with E-state index in [4.69, 9.17) is 10.8 Å². The van der Waals surface area contributed by atoms with Crippen molar-refractivity contribution in [2.45, 2.75) is 31.8 Å². The van der Waals surface area contributed by atoms with E-state index >= 15 is 0 Å². The molecule has 2 rings (SSSR count). The molecule has 0 bridgehead atoms. The number of hydrogen-bond acceptors (Lipinski definition) is 3. The highest BCUT2D eigenvalue weighted by Gasteiger charge is 2.32. The van der Waals surface area contributed by atoms with Gasteiger partial charge in [0.05, 0.1) is 6.61 Å². The van der Waals surface area contributed by atoms with Gasteiger partial charge in [-0.15, -0.1) is 0 Å². The highest BCUT2D eigenvalue weighted by Crippen LogP contribution is 2.34. The molecule has 1 unspecified atom stereocenters. The fraction of sp³-hybridized carbons (Fsp3) is 0.538. The molecule has 16 heavy (non-hydrogen) atoms. The van der Waals surface area contributed by atoms with Crippen LogP contribution in [0.1, 0.15) is 31.4 Å². The van der Waals surface area contributed by atoms with Crippen molar-refractivity contribution < 1.29 is 5.11 Å². The van der Waals surface area contributed by atoms with Crippen molar-refractivity contribution in [1.82, 2.24) is 4.90 Å². The third-order valence-electron chi connectivity index (χ3n) is 3.26. The zero-order valence-corrected chi connectivity index (χ0v) is 9.76. The second-order valence-corrected chi connectivity index (χ2v) is 4.54. The molecule has 0 spiro atoms. The lowest BCUT2D eigenvalue weighted by Crippen LogP contribution is -2.32. The molecular weight excluding hydrogens is 200 g/mol. The third kappa shape index (κ3) is 2.54. The zero-order chi connectivity index (χ0) is 11.5. The summed E-state index contributed by atoms with van der Waals surface area (Å²) in [5, 5.41) is 9.10. The lowest BCUT2D eigenvalue weighted by molar-refractivity contribution is 0.151. The second-order valence-electron chi connectivity index (χ2n) is 4.54. The summed E-state index contributed by atoms with van der Waals surface area (Å²) >= 11 is 0. The number of benzene rings is 1. The van der Waals surface area contributed by atoms with Crippen molar-refractivity contribution in [2.24, 2.45) is 0 Å².